The van der Waals surface area contributed by atoms with E-state index in [0.29, 0.717) is 11.7 Å². The first-order valence-corrected chi connectivity index (χ1v) is 6.70. The summed E-state index contributed by atoms with van der Waals surface area (Å²) in [6.07, 6.45) is 0. The van der Waals surface area contributed by atoms with E-state index >= 15 is 0 Å². The predicted molar refractivity (Wildman–Crippen MR) is 75.4 cm³/mol. The number of hydrogen-bond acceptors (Lipinski definition) is 6. The van der Waals surface area contributed by atoms with E-state index in [0.717, 1.165) is 22.7 Å². The molecule has 104 valence electrons. The molecule has 6 nitrogen and oxygen atoms in total. The number of carbonyl (C=O) groups is 2. The Hall–Kier alpha value is -2.28. The largest absolute Gasteiger partial charge is 0.476 e. The molecule has 2 N–H and O–H groups in total. The number of anilines is 1. The van der Waals surface area contributed by atoms with Gasteiger partial charge in [0, 0.05) is 12.6 Å². The fraction of sp³-hybridized carbons (Fsp3) is 0.231. The molecule has 0 amide bonds. The number of hydrogen-bond donors (Lipinski definition) is 2. The molecule has 2 aromatic heterocycles. The fourth-order valence-corrected chi connectivity index (χ4v) is 2.49. The average molecular weight is 291 g/mol. The summed E-state index contributed by atoms with van der Waals surface area (Å²) in [5.41, 5.74) is 1.52. The summed E-state index contributed by atoms with van der Waals surface area (Å²) in [6.45, 7) is 3.64. The minimum Gasteiger partial charge on any atom is -0.476 e. The number of thiazole rings is 1. The van der Waals surface area contributed by atoms with Crippen molar-refractivity contribution in [2.45, 2.75) is 20.4 Å². The van der Waals surface area contributed by atoms with E-state index in [1.54, 1.807) is 0 Å². The highest BCUT2D eigenvalue weighted by Crippen LogP contribution is 2.24. The summed E-state index contributed by atoms with van der Waals surface area (Å²) >= 11 is 1.04. The molecule has 0 fully saturated rings. The molecule has 2 heterocycles. The lowest BCUT2D eigenvalue weighted by molar-refractivity contribution is 0.0687. The molecule has 0 spiro atoms. The van der Waals surface area contributed by atoms with Crippen LogP contribution in [0.4, 0.5) is 5.13 Å². The van der Waals surface area contributed by atoms with E-state index in [2.05, 4.69) is 15.3 Å². The van der Waals surface area contributed by atoms with E-state index in [1.807, 2.05) is 25.1 Å². The standard InChI is InChI=1S/C13H13N3O3S/c1-7-4-3-5-9(15-7)6-14-13-16-10(12(18)19)11(20-13)8(2)17/h3-5H,6H2,1-2H3,(H,14,16)(H,18,19). The lowest BCUT2D eigenvalue weighted by atomic mass is 10.3. The van der Waals surface area contributed by atoms with Crippen molar-refractivity contribution in [1.29, 1.82) is 0 Å². The highest BCUT2D eigenvalue weighted by atomic mass is 32.1. The van der Waals surface area contributed by atoms with Crippen LogP contribution in [0, 0.1) is 6.92 Å². The first-order valence-electron chi connectivity index (χ1n) is 5.89. The van der Waals surface area contributed by atoms with Crippen LogP contribution in [-0.4, -0.2) is 26.8 Å². The van der Waals surface area contributed by atoms with Crippen molar-refractivity contribution in [3.63, 3.8) is 0 Å². The van der Waals surface area contributed by atoms with Crippen molar-refractivity contribution in [3.05, 3.63) is 40.2 Å². The third kappa shape index (κ3) is 3.18. The highest BCUT2D eigenvalue weighted by Gasteiger charge is 2.20. The van der Waals surface area contributed by atoms with Gasteiger partial charge in [-0.1, -0.05) is 17.4 Å². The Morgan fingerprint density at radius 2 is 2.10 bits per heavy atom. The Labute approximate surface area is 119 Å². The van der Waals surface area contributed by atoms with Crippen LogP contribution in [0.15, 0.2) is 18.2 Å². The number of ketones is 1. The number of aromatic carboxylic acids is 1. The van der Waals surface area contributed by atoms with Gasteiger partial charge in [-0.3, -0.25) is 9.78 Å². The second-order valence-electron chi connectivity index (χ2n) is 4.18. The minimum absolute atomic E-state index is 0.150. The molecule has 0 aliphatic heterocycles. The lowest BCUT2D eigenvalue weighted by Crippen LogP contribution is -2.05. The fourth-order valence-electron chi connectivity index (χ4n) is 1.64. The van der Waals surface area contributed by atoms with Crippen LogP contribution in [0.25, 0.3) is 0 Å². The molecule has 0 saturated carbocycles. The van der Waals surface area contributed by atoms with Crippen LogP contribution in [0.2, 0.25) is 0 Å². The Morgan fingerprint density at radius 3 is 2.65 bits per heavy atom. The number of carbonyl (C=O) groups excluding carboxylic acids is 1. The average Bonchev–Trinajstić information content (AvgIpc) is 2.81. The summed E-state index contributed by atoms with van der Waals surface area (Å²) < 4.78 is 0. The number of rotatable bonds is 5. The zero-order valence-corrected chi connectivity index (χ0v) is 11.8. The molecule has 7 heteroatoms. The molecule has 0 atom stereocenters. The summed E-state index contributed by atoms with van der Waals surface area (Å²) in [5, 5.41) is 12.4. The van der Waals surface area contributed by atoms with Crippen LogP contribution in [-0.2, 0) is 6.54 Å². The Kier molecular flexibility index (Phi) is 4.09. The summed E-state index contributed by atoms with van der Waals surface area (Å²) in [6, 6.07) is 5.64. The number of nitrogens with one attached hydrogen (secondary N) is 1. The molecule has 0 aromatic carbocycles. The van der Waals surface area contributed by atoms with Gasteiger partial charge in [0.25, 0.3) is 0 Å². The molecular formula is C13H13N3O3S. The van der Waals surface area contributed by atoms with Gasteiger partial charge in [0.15, 0.2) is 16.6 Å². The smallest absolute Gasteiger partial charge is 0.356 e. The SMILES string of the molecule is CC(=O)c1sc(NCc2cccc(C)n2)nc1C(=O)O. The van der Waals surface area contributed by atoms with Gasteiger partial charge in [0.05, 0.1) is 12.2 Å². The Bertz CT molecular complexity index is 635. The number of aromatic nitrogens is 2. The highest BCUT2D eigenvalue weighted by molar-refractivity contribution is 7.17. The normalized spacial score (nSPS) is 10.3. The molecule has 0 aliphatic carbocycles. The van der Waals surface area contributed by atoms with Gasteiger partial charge in [-0.25, -0.2) is 9.78 Å². The lowest BCUT2D eigenvalue weighted by Gasteiger charge is -2.02. The zero-order chi connectivity index (χ0) is 14.7. The van der Waals surface area contributed by atoms with E-state index < -0.39 is 5.97 Å². The number of carboxylic acids is 1. The van der Waals surface area contributed by atoms with Gasteiger partial charge in [-0.05, 0) is 19.1 Å². The van der Waals surface area contributed by atoms with Gasteiger partial charge < -0.3 is 10.4 Å². The quantitative estimate of drug-likeness (QED) is 0.822. The molecule has 2 rings (SSSR count). The number of nitrogens with zero attached hydrogens (tertiary/aromatic N) is 2. The van der Waals surface area contributed by atoms with E-state index in [-0.39, 0.29) is 16.4 Å². The molecule has 0 aliphatic rings. The molecule has 20 heavy (non-hydrogen) atoms. The molecule has 2 aromatic rings. The van der Waals surface area contributed by atoms with Crippen LogP contribution < -0.4 is 5.32 Å². The predicted octanol–water partition coefficient (Wildman–Crippen LogP) is 2.36. The summed E-state index contributed by atoms with van der Waals surface area (Å²) in [7, 11) is 0. The second kappa shape index (κ2) is 5.79. The van der Waals surface area contributed by atoms with Gasteiger partial charge >= 0.3 is 5.97 Å². The van der Waals surface area contributed by atoms with Gasteiger partial charge in [0.2, 0.25) is 0 Å². The van der Waals surface area contributed by atoms with E-state index in [9.17, 15) is 9.59 Å². The minimum atomic E-state index is -1.20. The monoisotopic (exact) mass is 291 g/mol. The first-order chi connectivity index (χ1) is 9.47. The van der Waals surface area contributed by atoms with Crippen LogP contribution in [0.3, 0.4) is 0 Å². The van der Waals surface area contributed by atoms with Gasteiger partial charge in [0.1, 0.15) is 4.88 Å². The summed E-state index contributed by atoms with van der Waals surface area (Å²) in [5.74, 6) is -1.50. The van der Waals surface area contributed by atoms with Crippen molar-refractivity contribution >= 4 is 28.2 Å². The third-order valence-electron chi connectivity index (χ3n) is 2.52. The molecule has 0 bridgehead atoms. The molecule has 0 unspecified atom stereocenters. The molecule has 0 saturated heterocycles. The van der Waals surface area contributed by atoms with Crippen LogP contribution in [0.5, 0.6) is 0 Å². The first kappa shape index (κ1) is 14.1. The maximum atomic E-state index is 11.4. The van der Waals surface area contributed by atoms with Crippen molar-refractivity contribution in [3.8, 4) is 0 Å². The Balaban J connectivity index is 2.16. The van der Waals surface area contributed by atoms with Gasteiger partial charge in [-0.2, -0.15) is 0 Å². The number of carboxylic acid groups (broad SMARTS) is 1. The van der Waals surface area contributed by atoms with Crippen LogP contribution >= 0.6 is 11.3 Å². The Morgan fingerprint density at radius 1 is 1.35 bits per heavy atom. The van der Waals surface area contributed by atoms with Crippen LogP contribution in [0.1, 0.15) is 38.5 Å². The van der Waals surface area contributed by atoms with E-state index in [4.69, 9.17) is 5.11 Å². The maximum Gasteiger partial charge on any atom is 0.356 e. The third-order valence-corrected chi connectivity index (χ3v) is 3.63. The maximum absolute atomic E-state index is 11.4. The molecule has 0 radical (unpaired) electrons. The number of aryl methyl sites for hydroxylation is 1. The zero-order valence-electron chi connectivity index (χ0n) is 11.0. The topological polar surface area (TPSA) is 92.2 Å². The van der Waals surface area contributed by atoms with Gasteiger partial charge in [-0.15, -0.1) is 0 Å². The summed E-state index contributed by atoms with van der Waals surface area (Å²) in [4.78, 5) is 30.8. The molecular weight excluding hydrogens is 278 g/mol. The van der Waals surface area contributed by atoms with Crippen molar-refractivity contribution in [1.82, 2.24) is 9.97 Å². The van der Waals surface area contributed by atoms with E-state index in [1.165, 1.54) is 6.92 Å². The number of Topliss-reactive ketones (excluding diaryl/α,β-unsaturated/α-hetero) is 1. The van der Waals surface area contributed by atoms with Crippen molar-refractivity contribution in [2.75, 3.05) is 5.32 Å². The van der Waals surface area contributed by atoms with Crippen molar-refractivity contribution < 1.29 is 14.7 Å². The van der Waals surface area contributed by atoms with Crippen molar-refractivity contribution in [2.24, 2.45) is 0 Å². The number of pyridine rings is 1. The second-order valence-corrected chi connectivity index (χ2v) is 5.18.